The fraction of sp³-hybridized carbons (Fsp3) is 0.261. The molecule has 5 rings (SSSR count). The van der Waals surface area contributed by atoms with Crippen molar-refractivity contribution >= 4 is 28.6 Å². The predicted molar refractivity (Wildman–Crippen MR) is 111 cm³/mol. The van der Waals surface area contributed by atoms with Crippen molar-refractivity contribution in [2.75, 3.05) is 13.7 Å². The number of fused-ring (bicyclic) bond motifs is 4. The number of hydrogen-bond donors (Lipinski definition) is 2. The highest BCUT2D eigenvalue weighted by atomic mass is 16.5. The van der Waals surface area contributed by atoms with E-state index in [1.165, 1.54) is 5.56 Å². The second-order valence-electron chi connectivity index (χ2n) is 7.72. The minimum atomic E-state index is -0.334. The molecule has 0 saturated heterocycles. The molecular formula is C23H21N3O4. The maximum absolute atomic E-state index is 12.5. The Labute approximate surface area is 173 Å². The van der Waals surface area contributed by atoms with E-state index < -0.39 is 0 Å². The van der Waals surface area contributed by atoms with Crippen molar-refractivity contribution in [2.45, 2.75) is 25.3 Å². The van der Waals surface area contributed by atoms with Gasteiger partial charge >= 0.3 is 0 Å². The Balaban J connectivity index is 1.21. The van der Waals surface area contributed by atoms with Crippen LogP contribution in [0.4, 0.5) is 0 Å². The maximum atomic E-state index is 12.5. The summed E-state index contributed by atoms with van der Waals surface area (Å²) >= 11 is 0. The van der Waals surface area contributed by atoms with Crippen LogP contribution in [0.5, 0.6) is 5.75 Å². The topological polar surface area (TPSA) is 91.5 Å². The number of hydrogen-bond acceptors (Lipinski definition) is 4. The van der Waals surface area contributed by atoms with Gasteiger partial charge in [0.25, 0.3) is 11.8 Å². The smallest absolute Gasteiger partial charge is 0.261 e. The summed E-state index contributed by atoms with van der Waals surface area (Å²) in [5, 5.41) is 4.16. The molecule has 2 N–H and O–H groups in total. The van der Waals surface area contributed by atoms with Gasteiger partial charge < -0.3 is 15.0 Å². The average molecular weight is 403 g/mol. The largest absolute Gasteiger partial charge is 0.497 e. The Kier molecular flexibility index (Phi) is 4.31. The zero-order valence-electron chi connectivity index (χ0n) is 16.5. The van der Waals surface area contributed by atoms with Gasteiger partial charge in [0.05, 0.1) is 18.2 Å². The number of amides is 3. The molecule has 0 saturated carbocycles. The van der Waals surface area contributed by atoms with Crippen molar-refractivity contribution in [3.8, 4) is 5.75 Å². The van der Waals surface area contributed by atoms with Gasteiger partial charge in [-0.3, -0.25) is 19.3 Å². The van der Waals surface area contributed by atoms with Crippen LogP contribution in [0.15, 0.2) is 42.5 Å². The first-order chi connectivity index (χ1) is 14.5. The summed E-state index contributed by atoms with van der Waals surface area (Å²) in [6, 6.07) is 12.7. The number of methoxy groups -OCH3 is 1. The van der Waals surface area contributed by atoms with Crippen LogP contribution < -0.4 is 10.1 Å². The normalized spacial score (nSPS) is 17.4. The third-order valence-corrected chi connectivity index (χ3v) is 5.91. The van der Waals surface area contributed by atoms with E-state index in [0.717, 1.165) is 40.1 Å². The van der Waals surface area contributed by atoms with Crippen molar-refractivity contribution < 1.29 is 19.1 Å². The van der Waals surface area contributed by atoms with Gasteiger partial charge in [0, 0.05) is 42.0 Å². The van der Waals surface area contributed by atoms with Gasteiger partial charge in [-0.2, -0.15) is 0 Å². The number of nitrogens with zero attached hydrogens (tertiary/aromatic N) is 1. The van der Waals surface area contributed by atoms with Crippen LogP contribution >= 0.6 is 0 Å². The Morgan fingerprint density at radius 2 is 1.87 bits per heavy atom. The molecule has 0 radical (unpaired) electrons. The first kappa shape index (κ1) is 18.4. The van der Waals surface area contributed by atoms with Crippen molar-refractivity contribution in [3.05, 3.63) is 64.8 Å². The summed E-state index contributed by atoms with van der Waals surface area (Å²) < 4.78 is 5.32. The van der Waals surface area contributed by atoms with Crippen molar-refractivity contribution in [1.82, 2.24) is 15.2 Å². The maximum Gasteiger partial charge on any atom is 0.261 e. The molecule has 30 heavy (non-hydrogen) atoms. The van der Waals surface area contributed by atoms with Crippen LogP contribution in [0.1, 0.15) is 38.4 Å². The van der Waals surface area contributed by atoms with E-state index >= 15 is 0 Å². The van der Waals surface area contributed by atoms with Gasteiger partial charge in [-0.15, -0.1) is 0 Å². The number of aromatic nitrogens is 1. The number of aromatic amines is 1. The number of carbonyl (C=O) groups is 3. The van der Waals surface area contributed by atoms with E-state index in [4.69, 9.17) is 4.74 Å². The molecule has 0 fully saturated rings. The van der Waals surface area contributed by atoms with Crippen LogP contribution in [-0.4, -0.2) is 47.3 Å². The van der Waals surface area contributed by atoms with Crippen LogP contribution in [0, 0.1) is 0 Å². The highest BCUT2D eigenvalue weighted by Crippen LogP contribution is 2.32. The number of benzene rings is 2. The second-order valence-corrected chi connectivity index (χ2v) is 7.72. The Morgan fingerprint density at radius 1 is 1.13 bits per heavy atom. The predicted octanol–water partition coefficient (Wildman–Crippen LogP) is 2.45. The molecule has 0 bridgehead atoms. The van der Waals surface area contributed by atoms with E-state index in [-0.39, 0.29) is 36.7 Å². The minimum Gasteiger partial charge on any atom is -0.497 e. The van der Waals surface area contributed by atoms with Crippen molar-refractivity contribution in [1.29, 1.82) is 0 Å². The number of ether oxygens (including phenoxy) is 1. The van der Waals surface area contributed by atoms with Gasteiger partial charge in [0.1, 0.15) is 5.75 Å². The van der Waals surface area contributed by atoms with E-state index in [9.17, 15) is 14.4 Å². The molecule has 0 spiro atoms. The van der Waals surface area contributed by atoms with Gasteiger partial charge in [-0.25, -0.2) is 0 Å². The zero-order chi connectivity index (χ0) is 20.8. The lowest BCUT2D eigenvalue weighted by atomic mass is 10.1. The Bertz CT molecular complexity index is 1160. The monoisotopic (exact) mass is 403 g/mol. The van der Waals surface area contributed by atoms with Crippen LogP contribution in [0.2, 0.25) is 0 Å². The highest BCUT2D eigenvalue weighted by Gasteiger charge is 2.35. The minimum absolute atomic E-state index is 0.00321. The molecule has 1 aliphatic carbocycles. The molecule has 1 atom stereocenters. The first-order valence-electron chi connectivity index (χ1n) is 9.97. The lowest BCUT2D eigenvalue weighted by Gasteiger charge is -2.16. The fourth-order valence-corrected chi connectivity index (χ4v) is 4.44. The number of carbonyl (C=O) groups excluding carboxylic acids is 3. The summed E-state index contributed by atoms with van der Waals surface area (Å²) in [4.78, 5) is 41.9. The SMILES string of the molecule is COc1ccc2[nH]c3c(c2c1)CC(NC(=O)CCN1C(=O)c2ccccc2C1=O)C3. The molecule has 7 nitrogen and oxygen atoms in total. The number of rotatable bonds is 5. The third-order valence-electron chi connectivity index (χ3n) is 5.91. The van der Waals surface area contributed by atoms with Gasteiger partial charge in [-0.1, -0.05) is 12.1 Å². The number of H-pyrrole nitrogens is 1. The summed E-state index contributed by atoms with van der Waals surface area (Å²) in [6.07, 6.45) is 1.55. The van der Waals surface area contributed by atoms with Gasteiger partial charge in [-0.05, 0) is 42.3 Å². The second kappa shape index (κ2) is 7.02. The molecule has 2 heterocycles. The molecule has 1 aromatic heterocycles. The molecule has 152 valence electrons. The van der Waals surface area contributed by atoms with Crippen LogP contribution in [-0.2, 0) is 17.6 Å². The van der Waals surface area contributed by atoms with Crippen LogP contribution in [0.3, 0.4) is 0 Å². The summed E-state index contributed by atoms with van der Waals surface area (Å²) in [6.45, 7) is 0.0797. The molecule has 2 aliphatic rings. The van der Waals surface area contributed by atoms with Gasteiger partial charge in [0.15, 0.2) is 0 Å². The van der Waals surface area contributed by atoms with Crippen LogP contribution in [0.25, 0.3) is 10.9 Å². The molecule has 3 aromatic rings. The van der Waals surface area contributed by atoms with E-state index in [1.807, 2.05) is 18.2 Å². The lowest BCUT2D eigenvalue weighted by Crippen LogP contribution is -2.39. The first-order valence-corrected chi connectivity index (χ1v) is 9.97. The zero-order valence-corrected chi connectivity index (χ0v) is 16.5. The quantitative estimate of drug-likeness (QED) is 0.640. The summed E-state index contributed by atoms with van der Waals surface area (Å²) in [5.41, 5.74) is 4.20. The highest BCUT2D eigenvalue weighted by molar-refractivity contribution is 6.21. The molecule has 1 unspecified atom stereocenters. The summed E-state index contributed by atoms with van der Waals surface area (Å²) in [7, 11) is 1.64. The van der Waals surface area contributed by atoms with E-state index in [1.54, 1.807) is 31.4 Å². The average Bonchev–Trinajstić information content (AvgIpc) is 3.37. The number of imide groups is 1. The molecular weight excluding hydrogens is 382 g/mol. The molecule has 3 amide bonds. The van der Waals surface area contributed by atoms with Gasteiger partial charge in [0.2, 0.25) is 5.91 Å². The number of nitrogens with one attached hydrogen (secondary N) is 2. The third kappa shape index (κ3) is 2.94. The molecule has 1 aliphatic heterocycles. The standard InChI is InChI=1S/C23H21N3O4/c1-30-14-6-7-19-18(12-14)17-10-13(11-20(17)25-19)24-21(27)8-9-26-22(28)15-4-2-3-5-16(15)23(26)29/h2-7,12-13,25H,8-11H2,1H3,(H,24,27). The van der Waals surface area contributed by atoms with E-state index in [0.29, 0.717) is 11.1 Å². The van der Waals surface area contributed by atoms with Crippen molar-refractivity contribution in [3.63, 3.8) is 0 Å². The Morgan fingerprint density at radius 3 is 2.57 bits per heavy atom. The molecule has 2 aromatic carbocycles. The summed E-state index contributed by atoms with van der Waals surface area (Å²) in [5.74, 6) is -0.0272. The van der Waals surface area contributed by atoms with Crippen molar-refractivity contribution in [2.24, 2.45) is 0 Å². The lowest BCUT2D eigenvalue weighted by molar-refractivity contribution is -0.121. The Hall–Kier alpha value is -3.61. The fourth-order valence-electron chi connectivity index (χ4n) is 4.44. The van der Waals surface area contributed by atoms with E-state index in [2.05, 4.69) is 10.3 Å². The molecule has 7 heteroatoms.